The summed E-state index contributed by atoms with van der Waals surface area (Å²) >= 11 is 0. The monoisotopic (exact) mass is 304 g/mol. The van der Waals surface area contributed by atoms with Crippen LogP contribution in [0.1, 0.15) is 52.2 Å². The van der Waals surface area contributed by atoms with Crippen LogP contribution >= 0.6 is 0 Å². The smallest absolute Gasteiger partial charge is 0.115 e. The lowest BCUT2D eigenvalue weighted by molar-refractivity contribution is 0.123. The topological polar surface area (TPSA) is 60.7 Å². The zero-order valence-corrected chi connectivity index (χ0v) is 14.0. The van der Waals surface area contributed by atoms with E-state index in [-0.39, 0.29) is 17.8 Å². The minimum atomic E-state index is -0.614. The van der Waals surface area contributed by atoms with Crippen LogP contribution in [0.2, 0.25) is 0 Å². The third kappa shape index (κ3) is 6.07. The summed E-state index contributed by atoms with van der Waals surface area (Å²) in [6.07, 6.45) is 1.93. The van der Waals surface area contributed by atoms with E-state index in [1.54, 1.807) is 24.3 Å². The average Bonchev–Trinajstić information content (AvgIpc) is 2.46. The third-order valence-corrected chi connectivity index (χ3v) is 3.80. The summed E-state index contributed by atoms with van der Waals surface area (Å²) < 4.78 is 0. The van der Waals surface area contributed by atoms with Crippen LogP contribution in [0, 0.1) is 11.8 Å². The number of phenolic OH excluding ortho intramolecular Hbond substituents is 1. The molecule has 0 amide bonds. The van der Waals surface area contributed by atoms with Crippen molar-refractivity contribution in [1.29, 1.82) is 0 Å². The first kappa shape index (κ1) is 18.5. The molecule has 3 heteroatoms. The standard InChI is InChI=1S/C19H28O3/c1-13(2)16(12-19(22)14(3)4)6-5-7-18(21)15-8-10-17(20)11-9-15/h5,8-11,13-14,18-22H,7,12H2,1-4H3/t6?,18-,19-/m1/s1. The summed E-state index contributed by atoms with van der Waals surface area (Å²) in [5.74, 6) is 0.727. The number of rotatable bonds is 7. The second-order valence-electron chi connectivity index (χ2n) is 6.39. The number of hydrogen-bond donors (Lipinski definition) is 3. The van der Waals surface area contributed by atoms with E-state index >= 15 is 0 Å². The maximum absolute atomic E-state index is 10.1. The van der Waals surface area contributed by atoms with Gasteiger partial charge in [-0.15, -0.1) is 5.73 Å². The van der Waals surface area contributed by atoms with Crippen LogP contribution in [0.15, 0.2) is 41.6 Å². The van der Waals surface area contributed by atoms with Gasteiger partial charge in [0, 0.05) is 12.8 Å². The van der Waals surface area contributed by atoms with Crippen LogP contribution in [0.4, 0.5) is 0 Å². The minimum absolute atomic E-state index is 0.191. The van der Waals surface area contributed by atoms with Gasteiger partial charge in [-0.1, -0.05) is 39.8 Å². The fraction of sp³-hybridized carbons (Fsp3) is 0.526. The molecule has 1 aromatic carbocycles. The van der Waals surface area contributed by atoms with Crippen molar-refractivity contribution >= 4 is 0 Å². The molecule has 2 atom stereocenters. The van der Waals surface area contributed by atoms with Gasteiger partial charge in [-0.3, -0.25) is 0 Å². The Morgan fingerprint density at radius 1 is 1.09 bits per heavy atom. The molecule has 0 aliphatic rings. The molecule has 0 radical (unpaired) electrons. The quantitative estimate of drug-likeness (QED) is 0.668. The number of hydrogen-bond acceptors (Lipinski definition) is 3. The molecule has 1 rings (SSSR count). The maximum Gasteiger partial charge on any atom is 0.115 e. The van der Waals surface area contributed by atoms with Crippen molar-refractivity contribution in [2.75, 3.05) is 0 Å². The summed E-state index contributed by atoms with van der Waals surface area (Å²) in [7, 11) is 0. The lowest BCUT2D eigenvalue weighted by atomic mass is 9.93. The molecule has 122 valence electrons. The van der Waals surface area contributed by atoms with Crippen LogP contribution < -0.4 is 0 Å². The Hall–Kier alpha value is -1.54. The van der Waals surface area contributed by atoms with Crippen molar-refractivity contribution in [1.82, 2.24) is 0 Å². The fourth-order valence-electron chi connectivity index (χ4n) is 2.06. The van der Waals surface area contributed by atoms with Crippen molar-refractivity contribution < 1.29 is 15.3 Å². The van der Waals surface area contributed by atoms with Crippen LogP contribution in [0.25, 0.3) is 0 Å². The summed E-state index contributed by atoms with van der Waals surface area (Å²) in [5.41, 5.74) is 5.08. The largest absolute Gasteiger partial charge is 0.508 e. The van der Waals surface area contributed by atoms with Gasteiger partial charge < -0.3 is 15.3 Å². The van der Waals surface area contributed by atoms with Gasteiger partial charge in [0.05, 0.1) is 12.2 Å². The molecule has 3 N–H and O–H groups in total. The highest BCUT2D eigenvalue weighted by Gasteiger charge is 2.13. The van der Waals surface area contributed by atoms with E-state index in [1.807, 2.05) is 19.9 Å². The number of aromatic hydroxyl groups is 1. The van der Waals surface area contributed by atoms with Gasteiger partial charge in [-0.05, 0) is 41.2 Å². The van der Waals surface area contributed by atoms with Crippen LogP contribution in [0.5, 0.6) is 5.75 Å². The van der Waals surface area contributed by atoms with Crippen LogP contribution in [-0.4, -0.2) is 21.4 Å². The number of benzene rings is 1. The average molecular weight is 304 g/mol. The van der Waals surface area contributed by atoms with Gasteiger partial charge in [0.25, 0.3) is 0 Å². The second-order valence-corrected chi connectivity index (χ2v) is 6.39. The summed E-state index contributed by atoms with van der Waals surface area (Å²) in [4.78, 5) is 0. The van der Waals surface area contributed by atoms with Crippen molar-refractivity contribution in [2.24, 2.45) is 11.8 Å². The molecule has 3 nitrogen and oxygen atoms in total. The molecular formula is C19H28O3. The molecule has 0 fully saturated rings. The number of aliphatic hydroxyl groups is 2. The molecule has 0 saturated carbocycles. The Bertz CT molecular complexity index is 508. The zero-order valence-electron chi connectivity index (χ0n) is 14.0. The summed E-state index contributed by atoms with van der Waals surface area (Å²) in [6, 6.07) is 6.56. The first-order valence-electron chi connectivity index (χ1n) is 7.90. The van der Waals surface area contributed by atoms with Crippen molar-refractivity contribution in [2.45, 2.75) is 52.7 Å². The maximum atomic E-state index is 10.1. The molecule has 0 aliphatic carbocycles. The highest BCUT2D eigenvalue weighted by atomic mass is 16.3. The Balaban J connectivity index is 2.74. The van der Waals surface area contributed by atoms with Gasteiger partial charge in [0.1, 0.15) is 5.75 Å². The third-order valence-electron chi connectivity index (χ3n) is 3.80. The molecular weight excluding hydrogens is 276 g/mol. The van der Waals surface area contributed by atoms with Gasteiger partial charge >= 0.3 is 0 Å². The number of phenols is 1. The molecule has 22 heavy (non-hydrogen) atoms. The normalized spacial score (nSPS) is 13.8. The van der Waals surface area contributed by atoms with Crippen molar-refractivity contribution in [3.05, 3.63) is 47.2 Å². The summed E-state index contributed by atoms with van der Waals surface area (Å²) in [5, 5.41) is 29.4. The molecule has 0 bridgehead atoms. The molecule has 0 unspecified atom stereocenters. The molecule has 0 aromatic heterocycles. The van der Waals surface area contributed by atoms with Gasteiger partial charge in [0.2, 0.25) is 0 Å². The van der Waals surface area contributed by atoms with E-state index in [1.165, 1.54) is 0 Å². The Morgan fingerprint density at radius 2 is 1.68 bits per heavy atom. The first-order valence-corrected chi connectivity index (χ1v) is 7.90. The van der Waals surface area contributed by atoms with Crippen molar-refractivity contribution in [3.8, 4) is 5.75 Å². The second kappa shape index (κ2) is 8.79. The summed E-state index contributed by atoms with van der Waals surface area (Å²) in [6.45, 7) is 8.17. The van der Waals surface area contributed by atoms with E-state index in [2.05, 4.69) is 19.6 Å². The molecule has 0 aliphatic heterocycles. The van der Waals surface area contributed by atoms with E-state index in [0.717, 1.165) is 11.1 Å². The molecule has 0 heterocycles. The van der Waals surface area contributed by atoms with E-state index < -0.39 is 6.10 Å². The zero-order chi connectivity index (χ0) is 16.7. The highest BCUT2D eigenvalue weighted by molar-refractivity contribution is 5.27. The molecule has 1 aromatic rings. The highest BCUT2D eigenvalue weighted by Crippen LogP contribution is 2.21. The SMILES string of the molecule is CC(C)C(=C=CC[C@@H](O)c1ccc(O)cc1)C[C@@H](O)C(C)C. The first-order chi connectivity index (χ1) is 10.3. The van der Waals surface area contributed by atoms with Gasteiger partial charge in [-0.25, -0.2) is 0 Å². The Morgan fingerprint density at radius 3 is 2.18 bits per heavy atom. The number of aliphatic hydroxyl groups excluding tert-OH is 2. The van der Waals surface area contributed by atoms with Gasteiger partial charge in [0.15, 0.2) is 0 Å². The van der Waals surface area contributed by atoms with Crippen molar-refractivity contribution in [3.63, 3.8) is 0 Å². The van der Waals surface area contributed by atoms with Gasteiger partial charge in [-0.2, -0.15) is 0 Å². The lowest BCUT2D eigenvalue weighted by Gasteiger charge is -2.17. The Kier molecular flexibility index (Phi) is 7.40. The predicted molar refractivity (Wildman–Crippen MR) is 89.6 cm³/mol. The van der Waals surface area contributed by atoms with E-state index in [0.29, 0.717) is 18.8 Å². The van der Waals surface area contributed by atoms with Crippen LogP contribution in [0.3, 0.4) is 0 Å². The van der Waals surface area contributed by atoms with E-state index in [4.69, 9.17) is 0 Å². The fourth-order valence-corrected chi connectivity index (χ4v) is 2.06. The predicted octanol–water partition coefficient (Wildman–Crippen LogP) is 3.96. The van der Waals surface area contributed by atoms with E-state index in [9.17, 15) is 15.3 Å². The molecule has 0 saturated heterocycles. The lowest BCUT2D eigenvalue weighted by Crippen LogP contribution is -2.16. The van der Waals surface area contributed by atoms with Crippen LogP contribution in [-0.2, 0) is 0 Å². The minimum Gasteiger partial charge on any atom is -0.508 e. The molecule has 0 spiro atoms. The Labute approximate surface area is 133 Å².